The van der Waals surface area contributed by atoms with Crippen LogP contribution >= 0.6 is 12.4 Å². The fourth-order valence-electron chi connectivity index (χ4n) is 3.84. The van der Waals surface area contributed by atoms with Crippen LogP contribution < -0.4 is 16.0 Å². The van der Waals surface area contributed by atoms with Gasteiger partial charge in [-0.05, 0) is 55.1 Å². The van der Waals surface area contributed by atoms with Gasteiger partial charge in [0.2, 0.25) is 5.91 Å². The monoisotopic (exact) mass is 400 g/mol. The average Bonchev–Trinajstić information content (AvgIpc) is 3.23. The van der Waals surface area contributed by atoms with Crippen molar-refractivity contribution in [3.8, 4) is 0 Å². The molecule has 2 aliphatic rings. The van der Waals surface area contributed by atoms with E-state index in [-0.39, 0.29) is 30.4 Å². The van der Waals surface area contributed by atoms with Crippen LogP contribution in [0.5, 0.6) is 0 Å². The molecule has 3 amide bonds. The van der Waals surface area contributed by atoms with Gasteiger partial charge in [0.15, 0.2) is 0 Å². The summed E-state index contributed by atoms with van der Waals surface area (Å²) in [4.78, 5) is 26.9. The summed E-state index contributed by atoms with van der Waals surface area (Å²) in [5.41, 5.74) is 3.78. The Hall–Kier alpha value is -2.57. The molecule has 1 unspecified atom stereocenters. The van der Waals surface area contributed by atoms with E-state index < -0.39 is 0 Å². The van der Waals surface area contributed by atoms with Crippen molar-refractivity contribution < 1.29 is 9.59 Å². The molecule has 4 rings (SSSR count). The lowest BCUT2D eigenvalue weighted by Gasteiger charge is -2.32. The highest BCUT2D eigenvalue weighted by Gasteiger charge is 2.29. The van der Waals surface area contributed by atoms with Crippen molar-refractivity contribution in [2.45, 2.75) is 31.8 Å². The van der Waals surface area contributed by atoms with Gasteiger partial charge in [-0.3, -0.25) is 4.79 Å². The number of rotatable bonds is 3. The molecule has 0 bridgehead atoms. The third-order valence-corrected chi connectivity index (χ3v) is 5.22. The first-order valence-corrected chi connectivity index (χ1v) is 9.47. The largest absolute Gasteiger partial charge is 0.337 e. The highest BCUT2D eigenvalue weighted by Crippen LogP contribution is 2.27. The summed E-state index contributed by atoms with van der Waals surface area (Å²) in [6, 6.07) is 14.9. The van der Waals surface area contributed by atoms with Gasteiger partial charge in [0, 0.05) is 24.5 Å². The Morgan fingerprint density at radius 3 is 2.61 bits per heavy atom. The summed E-state index contributed by atoms with van der Waals surface area (Å²) in [6.45, 7) is 2.20. The van der Waals surface area contributed by atoms with Gasteiger partial charge in [-0.25, -0.2) is 4.79 Å². The molecule has 2 aromatic rings. The Morgan fingerprint density at radius 1 is 1.04 bits per heavy atom. The van der Waals surface area contributed by atoms with E-state index in [9.17, 15) is 9.59 Å². The Kier molecular flexibility index (Phi) is 6.54. The smallest absolute Gasteiger partial charge is 0.323 e. The maximum Gasteiger partial charge on any atom is 0.323 e. The number of halogens is 1. The van der Waals surface area contributed by atoms with E-state index in [0.717, 1.165) is 48.3 Å². The van der Waals surface area contributed by atoms with Crippen LogP contribution in [0.3, 0.4) is 0 Å². The van der Waals surface area contributed by atoms with Gasteiger partial charge in [-0.15, -0.1) is 12.4 Å². The number of hydrogen-bond donors (Lipinski definition) is 3. The number of nitrogens with zero attached hydrogens (tertiary/aromatic N) is 1. The number of anilines is 2. The minimum Gasteiger partial charge on any atom is -0.337 e. The second kappa shape index (κ2) is 9.08. The molecule has 2 heterocycles. The number of para-hydroxylation sites is 1. The molecule has 0 radical (unpaired) electrons. The summed E-state index contributed by atoms with van der Waals surface area (Å²) in [5, 5.41) is 9.07. The Morgan fingerprint density at radius 2 is 1.86 bits per heavy atom. The van der Waals surface area contributed by atoms with E-state index in [1.165, 1.54) is 0 Å². The van der Waals surface area contributed by atoms with Crippen molar-refractivity contribution in [3.05, 3.63) is 59.7 Å². The van der Waals surface area contributed by atoms with Crippen molar-refractivity contribution in [2.75, 3.05) is 23.7 Å². The zero-order valence-corrected chi connectivity index (χ0v) is 16.4. The van der Waals surface area contributed by atoms with Crippen molar-refractivity contribution in [1.29, 1.82) is 0 Å². The van der Waals surface area contributed by atoms with Gasteiger partial charge in [0.1, 0.15) is 0 Å². The predicted octanol–water partition coefficient (Wildman–Crippen LogP) is 3.39. The summed E-state index contributed by atoms with van der Waals surface area (Å²) in [7, 11) is 0. The zero-order chi connectivity index (χ0) is 18.6. The molecule has 0 spiro atoms. The van der Waals surface area contributed by atoms with Gasteiger partial charge in [0.25, 0.3) is 0 Å². The lowest BCUT2D eigenvalue weighted by atomic mass is 9.97. The summed E-state index contributed by atoms with van der Waals surface area (Å²) >= 11 is 0. The molecular weight excluding hydrogens is 376 g/mol. The molecule has 7 heteroatoms. The second-order valence-corrected chi connectivity index (χ2v) is 7.05. The molecule has 148 valence electrons. The fourth-order valence-corrected chi connectivity index (χ4v) is 3.84. The van der Waals surface area contributed by atoms with E-state index in [1.54, 1.807) is 0 Å². The molecular formula is C21H25ClN4O2. The summed E-state index contributed by atoms with van der Waals surface area (Å²) in [5.74, 6) is 0.193. The van der Waals surface area contributed by atoms with Gasteiger partial charge >= 0.3 is 6.03 Å². The topological polar surface area (TPSA) is 73.5 Å². The number of urea groups is 1. The molecule has 1 fully saturated rings. The predicted molar refractivity (Wildman–Crippen MR) is 113 cm³/mol. The number of hydrogen-bond acceptors (Lipinski definition) is 3. The number of benzene rings is 2. The van der Waals surface area contributed by atoms with Gasteiger partial charge in [-0.1, -0.05) is 30.3 Å². The first-order valence-electron chi connectivity index (χ1n) is 9.47. The van der Waals surface area contributed by atoms with Crippen molar-refractivity contribution in [2.24, 2.45) is 0 Å². The maximum atomic E-state index is 12.7. The summed E-state index contributed by atoms with van der Waals surface area (Å²) < 4.78 is 0. The zero-order valence-electron chi connectivity index (χ0n) is 15.6. The van der Waals surface area contributed by atoms with Crippen LogP contribution in [0.4, 0.5) is 16.2 Å². The Labute approximate surface area is 171 Å². The third kappa shape index (κ3) is 4.46. The Bertz CT molecular complexity index is 838. The van der Waals surface area contributed by atoms with Gasteiger partial charge in [0.05, 0.1) is 6.04 Å². The van der Waals surface area contributed by atoms with Crippen molar-refractivity contribution >= 4 is 35.7 Å². The van der Waals surface area contributed by atoms with Crippen LogP contribution in [0, 0.1) is 0 Å². The van der Waals surface area contributed by atoms with Crippen LogP contribution in [-0.2, 0) is 17.8 Å². The van der Waals surface area contributed by atoms with E-state index in [1.807, 2.05) is 53.4 Å². The number of carbonyl (C=O) groups excluding carboxylic acids is 2. The third-order valence-electron chi connectivity index (χ3n) is 5.22. The van der Waals surface area contributed by atoms with E-state index in [4.69, 9.17) is 0 Å². The molecule has 6 nitrogen and oxygen atoms in total. The molecule has 0 aliphatic carbocycles. The second-order valence-electron chi connectivity index (χ2n) is 7.05. The number of carbonyl (C=O) groups is 2. The fraction of sp³-hybridized carbons (Fsp3) is 0.333. The average molecular weight is 401 g/mol. The van der Waals surface area contributed by atoms with Crippen molar-refractivity contribution in [3.63, 3.8) is 0 Å². The lowest BCUT2D eigenvalue weighted by molar-refractivity contribution is -0.134. The molecule has 28 heavy (non-hydrogen) atoms. The molecule has 1 saturated heterocycles. The first-order chi connectivity index (χ1) is 13.2. The molecule has 2 aliphatic heterocycles. The number of fused-ring (bicyclic) bond motifs is 1. The van der Waals surface area contributed by atoms with Crippen LogP contribution in [0.25, 0.3) is 0 Å². The molecule has 0 saturated carbocycles. The normalized spacial score (nSPS) is 18.0. The highest BCUT2D eigenvalue weighted by molar-refractivity contribution is 6.00. The summed E-state index contributed by atoms with van der Waals surface area (Å²) in [6.07, 6.45) is 2.73. The highest BCUT2D eigenvalue weighted by atomic mass is 35.5. The maximum absolute atomic E-state index is 12.7. The van der Waals surface area contributed by atoms with E-state index in [2.05, 4.69) is 16.0 Å². The van der Waals surface area contributed by atoms with Gasteiger partial charge in [-0.2, -0.15) is 0 Å². The molecule has 2 aromatic carbocycles. The van der Waals surface area contributed by atoms with Crippen LogP contribution in [0.2, 0.25) is 0 Å². The standard InChI is InChI=1S/C21H24N4O2.ClH/c26-20(19-10-5-12-22-19)25-13-11-17-15(14-25)6-4-9-18(17)24-21(27)23-16-7-2-1-3-8-16;/h1-4,6-9,19,22H,5,10-14H2,(H2,23,24,27);1H. The first kappa shape index (κ1) is 20.2. The van der Waals surface area contributed by atoms with Gasteiger partial charge < -0.3 is 20.9 Å². The Balaban J connectivity index is 0.00000225. The minimum absolute atomic E-state index is 0. The number of nitrogens with one attached hydrogen (secondary N) is 3. The lowest BCUT2D eigenvalue weighted by Crippen LogP contribution is -2.45. The minimum atomic E-state index is -0.261. The molecule has 3 N–H and O–H groups in total. The number of amides is 3. The van der Waals surface area contributed by atoms with E-state index in [0.29, 0.717) is 13.1 Å². The quantitative estimate of drug-likeness (QED) is 0.739. The van der Waals surface area contributed by atoms with Crippen LogP contribution in [0.1, 0.15) is 24.0 Å². The SMILES string of the molecule is Cl.O=C(Nc1ccccc1)Nc1cccc2c1CCN(C(=O)C1CCCN1)C2. The van der Waals surface area contributed by atoms with Crippen molar-refractivity contribution in [1.82, 2.24) is 10.2 Å². The molecule has 1 atom stereocenters. The van der Waals surface area contributed by atoms with Crippen LogP contribution in [0.15, 0.2) is 48.5 Å². The molecule has 0 aromatic heterocycles. The van der Waals surface area contributed by atoms with E-state index >= 15 is 0 Å². The van der Waals surface area contributed by atoms with Crippen LogP contribution in [-0.4, -0.2) is 36.0 Å².